The van der Waals surface area contributed by atoms with E-state index in [2.05, 4.69) is 5.32 Å². The largest absolute Gasteiger partial charge is 0.468 e. The predicted molar refractivity (Wildman–Crippen MR) is 122 cm³/mol. The summed E-state index contributed by atoms with van der Waals surface area (Å²) in [4.78, 5) is 41.1. The predicted octanol–water partition coefficient (Wildman–Crippen LogP) is 2.83. The molecule has 1 aliphatic heterocycles. The molecule has 32 heavy (non-hydrogen) atoms. The number of amides is 2. The maximum Gasteiger partial charge on any atom is 0.327 e. The van der Waals surface area contributed by atoms with Gasteiger partial charge < -0.3 is 15.0 Å². The molecule has 1 heterocycles. The van der Waals surface area contributed by atoms with E-state index in [0.29, 0.717) is 42.3 Å². The van der Waals surface area contributed by atoms with Crippen LogP contribution < -0.4 is 5.32 Å². The third-order valence-electron chi connectivity index (χ3n) is 5.56. The third kappa shape index (κ3) is 5.87. The van der Waals surface area contributed by atoms with E-state index in [4.69, 9.17) is 16.3 Å². The molecule has 1 fully saturated rings. The molecule has 2 aromatic rings. The minimum Gasteiger partial charge on any atom is -0.468 e. The Kier molecular flexibility index (Phi) is 8.25. The highest BCUT2D eigenvalue weighted by Gasteiger charge is 2.33. The molecule has 1 aliphatic rings. The van der Waals surface area contributed by atoms with Crippen LogP contribution in [0.1, 0.15) is 33.9 Å². The number of rotatable bonds is 7. The maximum absolute atomic E-state index is 12.6. The van der Waals surface area contributed by atoms with E-state index in [9.17, 15) is 14.4 Å². The van der Waals surface area contributed by atoms with Gasteiger partial charge in [0.2, 0.25) is 5.91 Å². The first-order valence-corrected chi connectivity index (χ1v) is 11.0. The van der Waals surface area contributed by atoms with Gasteiger partial charge in [0.05, 0.1) is 7.11 Å². The van der Waals surface area contributed by atoms with Crippen molar-refractivity contribution < 1.29 is 19.1 Å². The molecule has 0 spiro atoms. The van der Waals surface area contributed by atoms with Gasteiger partial charge in [-0.3, -0.25) is 14.5 Å². The van der Waals surface area contributed by atoms with Crippen LogP contribution >= 0.6 is 11.6 Å². The Labute approximate surface area is 193 Å². The zero-order chi connectivity index (χ0) is 23.1. The minimum absolute atomic E-state index is 0.0263. The van der Waals surface area contributed by atoms with Crippen LogP contribution in [-0.4, -0.2) is 67.4 Å². The van der Waals surface area contributed by atoms with Gasteiger partial charge in [0.25, 0.3) is 5.91 Å². The summed E-state index contributed by atoms with van der Waals surface area (Å²) in [7, 11) is 1.36. The molecular formula is C24H28ClN3O4. The summed E-state index contributed by atoms with van der Waals surface area (Å²) < 4.78 is 5.01. The number of halogens is 1. The van der Waals surface area contributed by atoms with Crippen molar-refractivity contribution in [3.63, 3.8) is 0 Å². The van der Waals surface area contributed by atoms with E-state index in [-0.39, 0.29) is 30.7 Å². The minimum atomic E-state index is -0.612. The van der Waals surface area contributed by atoms with Gasteiger partial charge in [-0.05, 0) is 30.7 Å². The molecule has 1 N–H and O–H groups in total. The number of methoxy groups -OCH3 is 1. The quantitative estimate of drug-likeness (QED) is 0.647. The summed E-state index contributed by atoms with van der Waals surface area (Å²) in [6.07, 6.45) is 0.225. The smallest absolute Gasteiger partial charge is 0.327 e. The van der Waals surface area contributed by atoms with E-state index < -0.39 is 6.04 Å². The fourth-order valence-corrected chi connectivity index (χ4v) is 4.08. The van der Waals surface area contributed by atoms with Crippen molar-refractivity contribution >= 4 is 29.4 Å². The summed E-state index contributed by atoms with van der Waals surface area (Å²) in [6.45, 7) is 4.22. The lowest BCUT2D eigenvalue weighted by Gasteiger charge is -2.38. The van der Waals surface area contributed by atoms with Crippen LogP contribution in [0.5, 0.6) is 0 Å². The Bertz CT molecular complexity index is 973. The van der Waals surface area contributed by atoms with Crippen LogP contribution in [0, 0.1) is 6.92 Å². The van der Waals surface area contributed by atoms with Gasteiger partial charge in [-0.2, -0.15) is 0 Å². The lowest BCUT2D eigenvalue weighted by molar-refractivity contribution is -0.148. The molecule has 1 atom stereocenters. The molecule has 2 amide bonds. The molecule has 3 rings (SSSR count). The van der Waals surface area contributed by atoms with Crippen LogP contribution in [0.3, 0.4) is 0 Å². The normalized spacial score (nSPS) is 15.2. The summed E-state index contributed by atoms with van der Waals surface area (Å²) in [6, 6.07) is 13.9. The Balaban J connectivity index is 1.51. The van der Waals surface area contributed by atoms with E-state index in [1.54, 1.807) is 17.0 Å². The lowest BCUT2D eigenvalue weighted by Crippen LogP contribution is -2.51. The number of aryl methyl sites for hydroxylation is 1. The second-order valence-electron chi connectivity index (χ2n) is 7.74. The number of carbonyl (C=O) groups excluding carboxylic acids is 3. The monoisotopic (exact) mass is 457 g/mol. The van der Waals surface area contributed by atoms with Gasteiger partial charge in [0, 0.05) is 49.7 Å². The number of nitrogens with zero attached hydrogens (tertiary/aromatic N) is 2. The van der Waals surface area contributed by atoms with E-state index in [1.165, 1.54) is 7.11 Å². The fraction of sp³-hybridized carbons (Fsp3) is 0.375. The molecule has 0 bridgehead atoms. The Morgan fingerprint density at radius 1 is 1.06 bits per heavy atom. The molecular weight excluding hydrogens is 430 g/mol. The summed E-state index contributed by atoms with van der Waals surface area (Å²) in [5.41, 5.74) is 2.28. The SMILES string of the molecule is COC(=O)[C@@H](c1ccccc1Cl)N1CCN(C(=O)CCNC(=O)c2cccc(C)c2)CC1. The van der Waals surface area contributed by atoms with Crippen molar-refractivity contribution in [3.8, 4) is 0 Å². The van der Waals surface area contributed by atoms with Gasteiger partial charge in [0.1, 0.15) is 6.04 Å². The number of hydrogen-bond acceptors (Lipinski definition) is 5. The lowest BCUT2D eigenvalue weighted by atomic mass is 10.0. The number of carbonyl (C=O) groups is 3. The van der Waals surface area contributed by atoms with Crippen molar-refractivity contribution in [2.45, 2.75) is 19.4 Å². The van der Waals surface area contributed by atoms with E-state index in [0.717, 1.165) is 5.56 Å². The number of benzene rings is 2. The number of hydrogen-bond donors (Lipinski definition) is 1. The zero-order valence-corrected chi connectivity index (χ0v) is 19.1. The van der Waals surface area contributed by atoms with Crippen LogP contribution in [-0.2, 0) is 14.3 Å². The molecule has 0 aliphatic carbocycles. The first kappa shape index (κ1) is 23.8. The van der Waals surface area contributed by atoms with Crippen LogP contribution in [0.4, 0.5) is 0 Å². The average molecular weight is 458 g/mol. The average Bonchev–Trinajstić information content (AvgIpc) is 2.80. The van der Waals surface area contributed by atoms with E-state index in [1.807, 2.05) is 48.2 Å². The molecule has 8 heteroatoms. The molecule has 2 aromatic carbocycles. The first-order valence-electron chi connectivity index (χ1n) is 10.6. The zero-order valence-electron chi connectivity index (χ0n) is 18.3. The van der Waals surface area contributed by atoms with Gasteiger partial charge in [0.15, 0.2) is 0 Å². The summed E-state index contributed by atoms with van der Waals surface area (Å²) in [5, 5.41) is 3.31. The van der Waals surface area contributed by atoms with Crippen LogP contribution in [0.25, 0.3) is 0 Å². The van der Waals surface area contributed by atoms with Crippen molar-refractivity contribution in [2.24, 2.45) is 0 Å². The van der Waals surface area contributed by atoms with Crippen molar-refractivity contribution in [1.82, 2.24) is 15.1 Å². The van der Waals surface area contributed by atoms with Crippen LogP contribution in [0.2, 0.25) is 5.02 Å². The molecule has 1 saturated heterocycles. The van der Waals surface area contributed by atoms with Gasteiger partial charge >= 0.3 is 5.97 Å². The highest BCUT2D eigenvalue weighted by molar-refractivity contribution is 6.31. The number of piperazine rings is 1. The first-order chi connectivity index (χ1) is 15.4. The van der Waals surface area contributed by atoms with E-state index >= 15 is 0 Å². The Morgan fingerprint density at radius 3 is 2.44 bits per heavy atom. The molecule has 7 nitrogen and oxygen atoms in total. The number of nitrogens with one attached hydrogen (secondary N) is 1. The molecule has 0 unspecified atom stereocenters. The number of ether oxygens (including phenoxy) is 1. The molecule has 0 radical (unpaired) electrons. The highest BCUT2D eigenvalue weighted by Crippen LogP contribution is 2.29. The topological polar surface area (TPSA) is 79.0 Å². The van der Waals surface area contributed by atoms with Gasteiger partial charge in [-0.1, -0.05) is 47.5 Å². The third-order valence-corrected chi connectivity index (χ3v) is 5.91. The second kappa shape index (κ2) is 11.1. The maximum atomic E-state index is 12.6. The summed E-state index contributed by atoms with van der Waals surface area (Å²) >= 11 is 6.32. The summed E-state index contributed by atoms with van der Waals surface area (Å²) in [5.74, 6) is -0.592. The van der Waals surface area contributed by atoms with Crippen molar-refractivity contribution in [1.29, 1.82) is 0 Å². The highest BCUT2D eigenvalue weighted by atomic mass is 35.5. The van der Waals surface area contributed by atoms with Crippen molar-refractivity contribution in [2.75, 3.05) is 39.8 Å². The molecule has 170 valence electrons. The fourth-order valence-electron chi connectivity index (χ4n) is 3.84. The molecule has 0 saturated carbocycles. The second-order valence-corrected chi connectivity index (χ2v) is 8.15. The standard InChI is InChI=1S/C24H28ClN3O4/c1-17-6-5-7-18(16-17)23(30)26-11-10-21(29)27-12-14-28(15-13-27)22(24(31)32-2)19-8-3-4-9-20(19)25/h3-9,16,22H,10-15H2,1-2H3,(H,26,30)/t22-/m1/s1. The van der Waals surface area contributed by atoms with Crippen molar-refractivity contribution in [3.05, 3.63) is 70.2 Å². The van der Waals surface area contributed by atoms with Crippen LogP contribution in [0.15, 0.2) is 48.5 Å². The molecule has 0 aromatic heterocycles. The van der Waals surface area contributed by atoms with Gasteiger partial charge in [-0.15, -0.1) is 0 Å². The Hall–Kier alpha value is -2.90. The number of esters is 1. The van der Waals surface area contributed by atoms with Gasteiger partial charge in [-0.25, -0.2) is 4.79 Å². The Morgan fingerprint density at radius 2 is 1.78 bits per heavy atom.